The van der Waals surface area contributed by atoms with Crippen LogP contribution in [0.3, 0.4) is 0 Å². The van der Waals surface area contributed by atoms with E-state index in [4.69, 9.17) is 4.18 Å². The van der Waals surface area contributed by atoms with Gasteiger partial charge in [-0.05, 0) is 53.8 Å². The lowest BCUT2D eigenvalue weighted by Gasteiger charge is -2.27. The van der Waals surface area contributed by atoms with Crippen molar-refractivity contribution >= 4 is 43.3 Å². The maximum Gasteiger partial charge on any atom is 0.329 e. The fourth-order valence-electron chi connectivity index (χ4n) is 4.15. The van der Waals surface area contributed by atoms with E-state index in [-0.39, 0.29) is 18.0 Å². The summed E-state index contributed by atoms with van der Waals surface area (Å²) in [7, 11) is -3.36. The zero-order valence-corrected chi connectivity index (χ0v) is 19.7. The minimum absolute atomic E-state index is 0.0870. The molecule has 0 fully saturated rings. The Morgan fingerprint density at radius 1 is 0.909 bits per heavy atom. The van der Waals surface area contributed by atoms with Crippen molar-refractivity contribution in [2.75, 3.05) is 5.75 Å². The number of imidazole rings is 1. The van der Waals surface area contributed by atoms with E-state index in [0.29, 0.717) is 12.3 Å². The van der Waals surface area contributed by atoms with Crippen molar-refractivity contribution in [2.45, 2.75) is 20.0 Å². The van der Waals surface area contributed by atoms with Gasteiger partial charge in [0.1, 0.15) is 16.6 Å². The van der Waals surface area contributed by atoms with Crippen molar-refractivity contribution in [2.24, 2.45) is 0 Å². The maximum atomic E-state index is 13.4. The first-order chi connectivity index (χ1) is 15.9. The molecule has 0 bridgehead atoms. The maximum absolute atomic E-state index is 13.4. The second kappa shape index (κ2) is 8.72. The predicted octanol–water partition coefficient (Wildman–Crippen LogP) is 6.12. The van der Waals surface area contributed by atoms with Crippen molar-refractivity contribution < 1.29 is 13.3 Å². The summed E-state index contributed by atoms with van der Waals surface area (Å²) in [5, 5.41) is 3.30. The summed E-state index contributed by atoms with van der Waals surface area (Å²) < 4.78 is 30.9. The predicted molar refractivity (Wildman–Crippen MR) is 137 cm³/mol. The summed E-state index contributed by atoms with van der Waals surface area (Å²) in [6.07, 6.45) is 0. The molecule has 8 heteroatoms. The minimum atomic E-state index is -3.36. The minimum Gasteiger partial charge on any atom is -0.403 e. The molecule has 0 saturated heterocycles. The molecule has 170 valence electrons. The van der Waals surface area contributed by atoms with Gasteiger partial charge in [-0.15, -0.1) is 11.3 Å². The summed E-state index contributed by atoms with van der Waals surface area (Å²) in [6, 6.07) is 22.5. The average Bonchev–Trinajstić information content (AvgIpc) is 3.33. The molecule has 0 aliphatic heterocycles. The third-order valence-corrected chi connectivity index (χ3v) is 7.86. The summed E-state index contributed by atoms with van der Waals surface area (Å²) in [6.45, 7) is 2.67. The van der Waals surface area contributed by atoms with Crippen molar-refractivity contribution in [3.05, 3.63) is 99.8 Å². The van der Waals surface area contributed by atoms with Crippen LogP contribution >= 0.6 is 22.2 Å². The van der Waals surface area contributed by atoms with E-state index in [1.54, 1.807) is 44.7 Å². The van der Waals surface area contributed by atoms with Gasteiger partial charge in [0, 0.05) is 16.6 Å². The Morgan fingerprint density at radius 2 is 1.61 bits per heavy atom. The van der Waals surface area contributed by atoms with Gasteiger partial charge in [-0.2, -0.15) is 0 Å². The number of thiophene rings is 1. The number of hydrogen-bond acceptors (Lipinski definition) is 5. The van der Waals surface area contributed by atoms with Gasteiger partial charge in [0.15, 0.2) is 0 Å². The van der Waals surface area contributed by atoms with Crippen LogP contribution in [0.4, 0.5) is 0 Å². The third-order valence-electron chi connectivity index (χ3n) is 5.69. The van der Waals surface area contributed by atoms with Crippen LogP contribution in [0.25, 0.3) is 21.1 Å². The summed E-state index contributed by atoms with van der Waals surface area (Å²) >= 11 is 1.68. The topological polar surface area (TPSA) is 76.6 Å². The van der Waals surface area contributed by atoms with Crippen molar-refractivity contribution in [3.63, 3.8) is 0 Å². The number of aromatic nitrogens is 2. The SMILES string of the molecule is Cc1cccc2scc(Cn3c(=O)n(CCS(O)(O)Oc4ccccc4)c4ccccc43)c12. The monoisotopic (exact) mass is 480 g/mol. The van der Waals surface area contributed by atoms with Gasteiger partial charge < -0.3 is 4.18 Å². The number of nitrogens with zero attached hydrogens (tertiary/aromatic N) is 2. The number of para-hydroxylation sites is 3. The number of aryl methyl sites for hydroxylation is 2. The molecule has 0 radical (unpaired) electrons. The van der Waals surface area contributed by atoms with Gasteiger partial charge in [0.25, 0.3) is 0 Å². The Labute approximate surface area is 196 Å². The molecule has 33 heavy (non-hydrogen) atoms. The Balaban J connectivity index is 1.47. The molecule has 2 aromatic heterocycles. The summed E-state index contributed by atoms with van der Waals surface area (Å²) in [5.74, 6) is 0.294. The largest absolute Gasteiger partial charge is 0.403 e. The van der Waals surface area contributed by atoms with Crippen LogP contribution in [0.15, 0.2) is 83.0 Å². The molecule has 0 atom stereocenters. The van der Waals surface area contributed by atoms with E-state index in [1.807, 2.05) is 36.4 Å². The van der Waals surface area contributed by atoms with Gasteiger partial charge in [0.05, 0.1) is 23.3 Å². The van der Waals surface area contributed by atoms with E-state index in [2.05, 4.69) is 24.4 Å². The molecule has 0 saturated carbocycles. The van der Waals surface area contributed by atoms with Crippen LogP contribution in [0.2, 0.25) is 0 Å². The smallest absolute Gasteiger partial charge is 0.329 e. The average molecular weight is 481 g/mol. The molecule has 5 aromatic rings. The highest BCUT2D eigenvalue weighted by molar-refractivity contribution is 8.20. The van der Waals surface area contributed by atoms with Gasteiger partial charge in [-0.25, -0.2) is 4.79 Å². The molecular formula is C25H24N2O4S2. The van der Waals surface area contributed by atoms with E-state index in [1.165, 1.54) is 15.6 Å². The van der Waals surface area contributed by atoms with E-state index in [0.717, 1.165) is 16.6 Å². The number of hydrogen-bond donors (Lipinski definition) is 2. The van der Waals surface area contributed by atoms with Crippen molar-refractivity contribution in [1.82, 2.24) is 9.13 Å². The van der Waals surface area contributed by atoms with Crippen LogP contribution in [0.5, 0.6) is 5.75 Å². The van der Waals surface area contributed by atoms with Gasteiger partial charge in [0.2, 0.25) is 0 Å². The molecule has 0 aliphatic carbocycles. The zero-order valence-electron chi connectivity index (χ0n) is 18.0. The fraction of sp³-hybridized carbons (Fsp3) is 0.160. The molecule has 5 rings (SSSR count). The molecule has 0 spiro atoms. The van der Waals surface area contributed by atoms with E-state index in [9.17, 15) is 13.9 Å². The highest BCUT2D eigenvalue weighted by Crippen LogP contribution is 2.40. The number of benzene rings is 3. The molecule has 0 amide bonds. The lowest BCUT2D eigenvalue weighted by Crippen LogP contribution is -2.27. The van der Waals surface area contributed by atoms with Crippen LogP contribution in [0.1, 0.15) is 11.1 Å². The van der Waals surface area contributed by atoms with Crippen molar-refractivity contribution in [1.29, 1.82) is 0 Å². The van der Waals surface area contributed by atoms with Crippen LogP contribution in [-0.2, 0) is 13.1 Å². The van der Waals surface area contributed by atoms with Gasteiger partial charge in [-0.3, -0.25) is 18.2 Å². The Hall–Kier alpha value is -3.04. The highest BCUT2D eigenvalue weighted by atomic mass is 32.3. The molecule has 6 nitrogen and oxygen atoms in total. The van der Waals surface area contributed by atoms with E-state index >= 15 is 0 Å². The first-order valence-electron chi connectivity index (χ1n) is 10.6. The molecule has 0 aliphatic rings. The standard InChI is InChI=1S/C25H24N2O4S2/c1-18-8-7-13-23-24(18)19(17-32-23)16-27-22-12-6-5-11-21(22)26(25(27)28)14-15-33(29,30)31-20-9-3-2-4-10-20/h2-13,17,29-30H,14-16H2,1H3. The third kappa shape index (κ3) is 4.30. The summed E-state index contributed by atoms with van der Waals surface area (Å²) in [4.78, 5) is 13.4. The number of rotatable bonds is 7. The lowest BCUT2D eigenvalue weighted by atomic mass is 10.1. The zero-order chi connectivity index (χ0) is 23.0. The first-order valence-corrected chi connectivity index (χ1v) is 13.1. The van der Waals surface area contributed by atoms with Crippen LogP contribution in [0, 0.1) is 6.92 Å². The molecular weight excluding hydrogens is 456 g/mol. The lowest BCUT2D eigenvalue weighted by molar-refractivity contribution is 0.379. The second-order valence-corrected chi connectivity index (χ2v) is 10.6. The van der Waals surface area contributed by atoms with Crippen LogP contribution < -0.4 is 9.87 Å². The van der Waals surface area contributed by atoms with Gasteiger partial charge in [-0.1, -0.05) is 42.5 Å². The highest BCUT2D eigenvalue weighted by Gasteiger charge is 2.22. The summed E-state index contributed by atoms with van der Waals surface area (Å²) in [5.41, 5.74) is 3.69. The normalized spacial score (nSPS) is 12.5. The second-order valence-electron chi connectivity index (χ2n) is 7.93. The Morgan fingerprint density at radius 3 is 2.36 bits per heavy atom. The fourth-order valence-corrected chi connectivity index (χ4v) is 6.11. The van der Waals surface area contributed by atoms with Gasteiger partial charge >= 0.3 is 5.69 Å². The van der Waals surface area contributed by atoms with E-state index < -0.39 is 10.9 Å². The first kappa shape index (κ1) is 21.8. The molecule has 0 unspecified atom stereocenters. The van der Waals surface area contributed by atoms with Crippen molar-refractivity contribution in [3.8, 4) is 5.75 Å². The Kier molecular flexibility index (Phi) is 5.76. The molecule has 3 aromatic carbocycles. The Bertz CT molecular complexity index is 1490. The molecule has 2 heterocycles. The van der Waals surface area contributed by atoms with Crippen LogP contribution in [-0.4, -0.2) is 24.0 Å². The molecule has 2 N–H and O–H groups in total. The number of fused-ring (bicyclic) bond motifs is 2. The quantitative estimate of drug-likeness (QED) is 0.294.